The Morgan fingerprint density at radius 2 is 1.19 bits per heavy atom. The minimum Gasteiger partial charge on any atom is -0.352 e. The Hall–Kier alpha value is -0.160. The van der Waals surface area contributed by atoms with Crippen LogP contribution in [-0.4, -0.2) is 32.1 Å². The zero-order chi connectivity index (χ0) is 19.1. The van der Waals surface area contributed by atoms with Crippen molar-refractivity contribution in [2.75, 3.05) is 13.6 Å². The second-order valence-electron chi connectivity index (χ2n) is 8.43. The third kappa shape index (κ3) is 5.43. The Balaban J connectivity index is 1.89. The molecule has 0 heterocycles. The second-order valence-corrected chi connectivity index (χ2v) is 8.43. The van der Waals surface area contributed by atoms with Crippen LogP contribution in [-0.2, 0) is 18.9 Å². The number of ether oxygens (including phenoxy) is 4. The van der Waals surface area contributed by atoms with Crippen LogP contribution in [0, 0.1) is 29.6 Å². The average Bonchev–Trinajstić information content (AvgIpc) is 3.21. The zero-order valence-corrected chi connectivity index (χ0v) is 17.9. The van der Waals surface area contributed by atoms with Gasteiger partial charge in [-0.15, -0.1) is 0 Å². The van der Waals surface area contributed by atoms with Crippen molar-refractivity contribution >= 4 is 0 Å². The van der Waals surface area contributed by atoms with Gasteiger partial charge >= 0.3 is 0 Å². The van der Waals surface area contributed by atoms with E-state index < -0.39 is 0 Å². The van der Waals surface area contributed by atoms with Gasteiger partial charge in [-0.1, -0.05) is 41.5 Å². The van der Waals surface area contributed by atoms with E-state index in [1.54, 1.807) is 0 Å². The lowest BCUT2D eigenvalue weighted by molar-refractivity contribution is -0.266. The molecule has 0 saturated heterocycles. The van der Waals surface area contributed by atoms with Crippen LogP contribution in [0.2, 0.25) is 0 Å². The molecule has 2 saturated carbocycles. The number of hydrogen-bond acceptors (Lipinski definition) is 4. The Morgan fingerprint density at radius 3 is 1.58 bits per heavy atom. The maximum atomic E-state index is 6.12. The predicted octanol–water partition coefficient (Wildman–Crippen LogP) is 5.60. The normalized spacial score (nSPS) is 31.0. The third-order valence-corrected chi connectivity index (χ3v) is 7.19. The first-order valence-corrected chi connectivity index (χ1v) is 11.0. The summed E-state index contributed by atoms with van der Waals surface area (Å²) >= 11 is 0. The Kier molecular flexibility index (Phi) is 9.36. The van der Waals surface area contributed by atoms with Crippen LogP contribution in [0.25, 0.3) is 0 Å². The SMILES string of the molecule is CCC(CC)OCOC(OCOC(CC)CC)C1CC2CC1C(C)C2C. The van der Waals surface area contributed by atoms with Gasteiger partial charge in [0.15, 0.2) is 6.29 Å². The van der Waals surface area contributed by atoms with Crippen LogP contribution in [0.1, 0.15) is 80.1 Å². The lowest BCUT2D eigenvalue weighted by Gasteiger charge is -2.36. The second kappa shape index (κ2) is 11.0. The standard InChI is InChI=1S/C22H42O4/c1-7-18(8-2)23-13-25-22(26-14-24-19(9-3)10-4)21-12-17-11-20(21)16(6)15(17)5/h15-22H,7-14H2,1-6H3. The van der Waals surface area contributed by atoms with E-state index in [1.807, 2.05) is 0 Å². The molecule has 2 bridgehead atoms. The van der Waals surface area contributed by atoms with Crippen LogP contribution in [0.3, 0.4) is 0 Å². The van der Waals surface area contributed by atoms with Gasteiger partial charge in [-0.2, -0.15) is 0 Å². The number of rotatable bonds is 13. The molecule has 5 unspecified atom stereocenters. The summed E-state index contributed by atoms with van der Waals surface area (Å²) in [5, 5.41) is 0. The van der Waals surface area contributed by atoms with Gasteiger partial charge in [-0.25, -0.2) is 0 Å². The minimum absolute atomic E-state index is 0.205. The molecule has 0 aromatic rings. The van der Waals surface area contributed by atoms with Crippen molar-refractivity contribution in [3.8, 4) is 0 Å². The summed E-state index contributed by atoms with van der Waals surface area (Å²) in [5.74, 6) is 3.60. The molecule has 0 aromatic heterocycles. The molecule has 0 aromatic carbocycles. The van der Waals surface area contributed by atoms with Gasteiger partial charge in [0.1, 0.15) is 13.6 Å². The fraction of sp³-hybridized carbons (Fsp3) is 1.00. The molecule has 2 rings (SSSR count). The first-order chi connectivity index (χ1) is 12.5. The molecule has 2 fully saturated rings. The predicted molar refractivity (Wildman–Crippen MR) is 105 cm³/mol. The average molecular weight is 371 g/mol. The Labute approximate surface area is 161 Å². The van der Waals surface area contributed by atoms with Crippen molar-refractivity contribution in [1.29, 1.82) is 0 Å². The van der Waals surface area contributed by atoms with Crippen LogP contribution in [0.4, 0.5) is 0 Å². The zero-order valence-electron chi connectivity index (χ0n) is 17.9. The molecular formula is C22H42O4. The van der Waals surface area contributed by atoms with Crippen LogP contribution < -0.4 is 0 Å². The minimum atomic E-state index is -0.205. The fourth-order valence-electron chi connectivity index (χ4n) is 5.06. The van der Waals surface area contributed by atoms with E-state index in [2.05, 4.69) is 41.5 Å². The molecule has 0 aliphatic heterocycles. The third-order valence-electron chi connectivity index (χ3n) is 7.19. The maximum absolute atomic E-state index is 6.12. The summed E-state index contributed by atoms with van der Waals surface area (Å²) in [7, 11) is 0. The fourth-order valence-corrected chi connectivity index (χ4v) is 5.06. The highest BCUT2D eigenvalue weighted by Crippen LogP contribution is 2.56. The molecule has 2 aliphatic rings. The van der Waals surface area contributed by atoms with E-state index in [0.717, 1.165) is 43.4 Å². The summed E-state index contributed by atoms with van der Waals surface area (Å²) in [4.78, 5) is 0. The van der Waals surface area contributed by atoms with Crippen molar-refractivity contribution in [1.82, 2.24) is 0 Å². The highest BCUT2D eigenvalue weighted by Gasteiger charge is 2.51. The molecule has 4 nitrogen and oxygen atoms in total. The van der Waals surface area contributed by atoms with E-state index in [-0.39, 0.29) is 18.5 Å². The van der Waals surface area contributed by atoms with E-state index >= 15 is 0 Å². The first kappa shape index (κ1) is 22.1. The van der Waals surface area contributed by atoms with E-state index in [0.29, 0.717) is 25.4 Å². The van der Waals surface area contributed by atoms with E-state index in [1.165, 1.54) is 12.8 Å². The summed E-state index contributed by atoms with van der Waals surface area (Å²) in [6.45, 7) is 14.1. The van der Waals surface area contributed by atoms with Crippen molar-refractivity contribution in [2.24, 2.45) is 29.6 Å². The number of hydrogen-bond donors (Lipinski definition) is 0. The van der Waals surface area contributed by atoms with Crippen molar-refractivity contribution < 1.29 is 18.9 Å². The van der Waals surface area contributed by atoms with E-state index in [4.69, 9.17) is 18.9 Å². The van der Waals surface area contributed by atoms with Crippen molar-refractivity contribution in [3.05, 3.63) is 0 Å². The van der Waals surface area contributed by atoms with Gasteiger partial charge in [0.05, 0.1) is 12.2 Å². The summed E-state index contributed by atoms with van der Waals surface area (Å²) in [6.07, 6.45) is 6.97. The lowest BCUT2D eigenvalue weighted by Crippen LogP contribution is -2.37. The highest BCUT2D eigenvalue weighted by atomic mass is 16.8. The molecular weight excluding hydrogens is 328 g/mol. The summed E-state index contributed by atoms with van der Waals surface area (Å²) < 4.78 is 24.0. The largest absolute Gasteiger partial charge is 0.352 e. The Morgan fingerprint density at radius 1 is 0.692 bits per heavy atom. The van der Waals surface area contributed by atoms with E-state index in [9.17, 15) is 0 Å². The topological polar surface area (TPSA) is 36.9 Å². The smallest absolute Gasteiger partial charge is 0.166 e. The molecule has 26 heavy (non-hydrogen) atoms. The quantitative estimate of drug-likeness (QED) is 0.395. The molecule has 0 radical (unpaired) electrons. The van der Waals surface area contributed by atoms with Gasteiger partial charge < -0.3 is 18.9 Å². The van der Waals surface area contributed by atoms with Gasteiger partial charge in [-0.05, 0) is 62.2 Å². The molecule has 0 amide bonds. The molecule has 0 N–H and O–H groups in total. The van der Waals surface area contributed by atoms with Crippen molar-refractivity contribution in [3.63, 3.8) is 0 Å². The summed E-state index contributed by atoms with van der Waals surface area (Å²) in [5.41, 5.74) is 0. The van der Waals surface area contributed by atoms with Crippen molar-refractivity contribution in [2.45, 2.75) is 98.6 Å². The summed E-state index contributed by atoms with van der Waals surface area (Å²) in [6, 6.07) is 0. The van der Waals surface area contributed by atoms with Gasteiger partial charge in [-0.3, -0.25) is 0 Å². The molecule has 4 heteroatoms. The lowest BCUT2D eigenvalue weighted by atomic mass is 9.75. The number of fused-ring (bicyclic) bond motifs is 2. The van der Waals surface area contributed by atoms with Gasteiger partial charge in [0.25, 0.3) is 0 Å². The molecule has 2 aliphatic carbocycles. The first-order valence-electron chi connectivity index (χ1n) is 11.0. The monoisotopic (exact) mass is 370 g/mol. The molecule has 5 atom stereocenters. The highest BCUT2D eigenvalue weighted by molar-refractivity contribution is 4.98. The maximum Gasteiger partial charge on any atom is 0.166 e. The molecule has 154 valence electrons. The van der Waals surface area contributed by atoms with Crippen LogP contribution >= 0.6 is 0 Å². The Bertz CT molecular complexity index is 360. The van der Waals surface area contributed by atoms with Crippen LogP contribution in [0.5, 0.6) is 0 Å². The van der Waals surface area contributed by atoms with Gasteiger partial charge in [0, 0.05) is 5.92 Å². The molecule has 0 spiro atoms. The van der Waals surface area contributed by atoms with Crippen LogP contribution in [0.15, 0.2) is 0 Å². The van der Waals surface area contributed by atoms with Gasteiger partial charge in [0.2, 0.25) is 0 Å².